The third-order valence-electron chi connectivity index (χ3n) is 5.02. The number of benzene rings is 2. The van der Waals surface area contributed by atoms with Crippen LogP contribution < -0.4 is 5.32 Å². The number of hydrogen-bond donors (Lipinski definition) is 1. The van der Waals surface area contributed by atoms with E-state index in [0.29, 0.717) is 6.54 Å². The third kappa shape index (κ3) is 3.12. The number of aryl methyl sites for hydroxylation is 1. The van der Waals surface area contributed by atoms with Crippen molar-refractivity contribution in [1.29, 1.82) is 0 Å². The first-order valence-corrected chi connectivity index (χ1v) is 9.13. The highest BCUT2D eigenvalue weighted by molar-refractivity contribution is 5.85. The number of hydrogen-bond acceptors (Lipinski definition) is 5. The fourth-order valence-corrected chi connectivity index (χ4v) is 3.81. The molecule has 27 heavy (non-hydrogen) atoms. The van der Waals surface area contributed by atoms with Crippen LogP contribution in [0.2, 0.25) is 0 Å². The van der Waals surface area contributed by atoms with Crippen LogP contribution in [0.3, 0.4) is 0 Å². The number of esters is 1. The van der Waals surface area contributed by atoms with Crippen LogP contribution in [-0.2, 0) is 20.8 Å². The van der Waals surface area contributed by atoms with E-state index in [9.17, 15) is 9.59 Å². The first kappa shape index (κ1) is 17.4. The van der Waals surface area contributed by atoms with E-state index in [-0.39, 0.29) is 12.6 Å². The van der Waals surface area contributed by atoms with Crippen molar-refractivity contribution < 1.29 is 19.1 Å². The maximum Gasteiger partial charge on any atom is 0.411 e. The summed E-state index contributed by atoms with van der Waals surface area (Å²) in [4.78, 5) is 26.9. The first-order valence-electron chi connectivity index (χ1n) is 9.13. The lowest BCUT2D eigenvalue weighted by molar-refractivity contribution is -0.146. The minimum Gasteiger partial charge on any atom is -0.464 e. The van der Waals surface area contributed by atoms with Crippen molar-refractivity contribution in [2.75, 3.05) is 11.9 Å². The van der Waals surface area contributed by atoms with E-state index in [1.54, 1.807) is 11.8 Å². The van der Waals surface area contributed by atoms with Gasteiger partial charge in [0.25, 0.3) is 0 Å². The zero-order chi connectivity index (χ0) is 19.0. The van der Waals surface area contributed by atoms with Crippen LogP contribution in [0.25, 0.3) is 0 Å². The summed E-state index contributed by atoms with van der Waals surface area (Å²) >= 11 is 0. The topological polar surface area (TPSA) is 67.9 Å². The van der Waals surface area contributed by atoms with E-state index < -0.39 is 24.2 Å². The molecule has 2 aromatic rings. The van der Waals surface area contributed by atoms with Crippen LogP contribution in [0, 0.1) is 6.92 Å². The highest BCUT2D eigenvalue weighted by Gasteiger charge is 2.52. The zero-order valence-corrected chi connectivity index (χ0v) is 15.3. The molecule has 1 N–H and O–H groups in total. The van der Waals surface area contributed by atoms with Gasteiger partial charge in [0.15, 0.2) is 12.1 Å². The average molecular weight is 366 g/mol. The Labute approximate surface area is 158 Å². The minimum atomic E-state index is -0.727. The lowest BCUT2D eigenvalue weighted by Crippen LogP contribution is -2.48. The summed E-state index contributed by atoms with van der Waals surface area (Å²) in [5.41, 5.74) is 3.89. The van der Waals surface area contributed by atoms with Gasteiger partial charge in [-0.05, 0) is 25.5 Å². The molecule has 2 aromatic carbocycles. The minimum absolute atomic E-state index is 0.275. The van der Waals surface area contributed by atoms with Gasteiger partial charge in [-0.3, -0.25) is 4.90 Å². The lowest BCUT2D eigenvalue weighted by Gasteiger charge is -2.36. The van der Waals surface area contributed by atoms with Gasteiger partial charge in [-0.25, -0.2) is 9.59 Å². The van der Waals surface area contributed by atoms with Crippen LogP contribution >= 0.6 is 0 Å². The highest BCUT2D eigenvalue weighted by atomic mass is 16.6. The molecule has 0 saturated carbocycles. The quantitative estimate of drug-likeness (QED) is 0.840. The number of rotatable bonds is 4. The Morgan fingerprint density at radius 3 is 2.74 bits per heavy atom. The molecule has 0 aliphatic carbocycles. The normalized spacial score (nSPS) is 23.1. The molecule has 1 amide bonds. The predicted octanol–water partition coefficient (Wildman–Crippen LogP) is 3.41. The van der Waals surface area contributed by atoms with Crippen molar-refractivity contribution in [2.45, 2.75) is 38.6 Å². The molecule has 1 fully saturated rings. The van der Waals surface area contributed by atoms with Gasteiger partial charge >= 0.3 is 12.1 Å². The summed E-state index contributed by atoms with van der Waals surface area (Å²) in [5, 5.41) is 3.21. The van der Waals surface area contributed by atoms with Gasteiger partial charge < -0.3 is 14.8 Å². The second-order valence-electron chi connectivity index (χ2n) is 6.87. The molecule has 2 aliphatic rings. The maximum atomic E-state index is 12.7. The monoisotopic (exact) mass is 366 g/mol. The van der Waals surface area contributed by atoms with E-state index in [4.69, 9.17) is 9.47 Å². The molecular weight excluding hydrogens is 344 g/mol. The molecule has 4 rings (SSSR count). The van der Waals surface area contributed by atoms with Gasteiger partial charge in [-0.15, -0.1) is 0 Å². The van der Waals surface area contributed by atoms with Gasteiger partial charge in [0.1, 0.15) is 6.04 Å². The Balaban J connectivity index is 1.74. The fraction of sp³-hybridized carbons (Fsp3) is 0.333. The van der Waals surface area contributed by atoms with E-state index in [2.05, 4.69) is 5.32 Å². The molecule has 0 spiro atoms. The van der Waals surface area contributed by atoms with Crippen molar-refractivity contribution in [3.8, 4) is 0 Å². The molecule has 6 nitrogen and oxygen atoms in total. The first-order chi connectivity index (χ1) is 13.1. The van der Waals surface area contributed by atoms with Crippen molar-refractivity contribution in [3.63, 3.8) is 0 Å². The molecule has 0 bridgehead atoms. The fourth-order valence-electron chi connectivity index (χ4n) is 3.81. The summed E-state index contributed by atoms with van der Waals surface area (Å²) < 4.78 is 10.9. The van der Waals surface area contributed by atoms with Gasteiger partial charge in [0.05, 0.1) is 6.61 Å². The molecule has 0 radical (unpaired) electrons. The van der Waals surface area contributed by atoms with E-state index in [1.165, 1.54) is 0 Å². The van der Waals surface area contributed by atoms with Crippen LogP contribution in [0.5, 0.6) is 0 Å². The number of nitrogens with zero attached hydrogens (tertiary/aromatic N) is 1. The summed E-state index contributed by atoms with van der Waals surface area (Å²) in [7, 11) is 0. The number of nitrogens with one attached hydrogen (secondary N) is 1. The summed E-state index contributed by atoms with van der Waals surface area (Å²) in [5.74, 6) is -0.409. The van der Waals surface area contributed by atoms with Crippen LogP contribution in [0.4, 0.5) is 10.5 Å². The number of ether oxygens (including phenoxy) is 2. The van der Waals surface area contributed by atoms with Gasteiger partial charge in [0.2, 0.25) is 0 Å². The summed E-state index contributed by atoms with van der Waals surface area (Å²) in [6.07, 6.45) is -1.05. The second kappa shape index (κ2) is 6.95. The average Bonchev–Trinajstić information content (AvgIpc) is 2.98. The zero-order valence-electron chi connectivity index (χ0n) is 15.3. The SMILES string of the molecule is CCOC(=O)C1Nc2ccc(C)cc2[C@@H]2[C@H]1OC(=O)N2Cc1ccccc1. The third-order valence-corrected chi connectivity index (χ3v) is 5.02. The highest BCUT2D eigenvalue weighted by Crippen LogP contribution is 2.44. The number of carbonyl (C=O) groups is 2. The Kier molecular flexibility index (Phi) is 4.48. The van der Waals surface area contributed by atoms with Crippen molar-refractivity contribution >= 4 is 17.7 Å². The molecular formula is C21H22N2O4. The van der Waals surface area contributed by atoms with Crippen LogP contribution in [-0.4, -0.2) is 35.7 Å². The summed E-state index contributed by atoms with van der Waals surface area (Å²) in [6.45, 7) is 4.46. The Morgan fingerprint density at radius 1 is 1.22 bits per heavy atom. The van der Waals surface area contributed by atoms with Crippen molar-refractivity contribution in [2.24, 2.45) is 0 Å². The molecule has 2 heterocycles. The molecule has 0 aromatic heterocycles. The van der Waals surface area contributed by atoms with Crippen molar-refractivity contribution in [1.82, 2.24) is 4.90 Å². The second-order valence-corrected chi connectivity index (χ2v) is 6.87. The number of amides is 1. The van der Waals surface area contributed by atoms with Crippen LogP contribution in [0.1, 0.15) is 29.7 Å². The van der Waals surface area contributed by atoms with Gasteiger partial charge in [-0.2, -0.15) is 0 Å². The molecule has 2 aliphatic heterocycles. The van der Waals surface area contributed by atoms with Crippen molar-refractivity contribution in [3.05, 3.63) is 65.2 Å². The Hall–Kier alpha value is -3.02. The lowest BCUT2D eigenvalue weighted by atomic mass is 9.88. The molecule has 1 unspecified atom stereocenters. The smallest absolute Gasteiger partial charge is 0.411 e. The molecule has 6 heteroatoms. The molecule has 1 saturated heterocycles. The van der Waals surface area contributed by atoms with E-state index in [0.717, 1.165) is 22.4 Å². The van der Waals surface area contributed by atoms with E-state index in [1.807, 2.05) is 55.5 Å². The summed E-state index contributed by atoms with van der Waals surface area (Å²) in [6, 6.07) is 14.7. The maximum absolute atomic E-state index is 12.7. The van der Waals surface area contributed by atoms with Crippen LogP contribution in [0.15, 0.2) is 48.5 Å². The standard InChI is InChI=1S/C21H22N2O4/c1-3-26-20(24)17-19-18(15-11-13(2)9-10-16(15)22-17)23(21(25)27-19)12-14-7-5-4-6-8-14/h4-11,17-19,22H,3,12H2,1-2H3/t17?,18-,19+/m1/s1. The largest absolute Gasteiger partial charge is 0.464 e. The number of fused-ring (bicyclic) bond motifs is 3. The van der Waals surface area contributed by atoms with E-state index >= 15 is 0 Å². The molecule has 3 atom stereocenters. The predicted molar refractivity (Wildman–Crippen MR) is 100 cm³/mol. The Morgan fingerprint density at radius 2 is 2.00 bits per heavy atom. The van der Waals surface area contributed by atoms with Gasteiger partial charge in [-0.1, -0.05) is 48.0 Å². The number of carbonyl (C=O) groups excluding carboxylic acids is 2. The Bertz CT molecular complexity index is 868. The number of anilines is 1. The van der Waals surface area contributed by atoms with Gasteiger partial charge in [0, 0.05) is 17.8 Å². The molecule has 140 valence electrons.